The monoisotopic (exact) mass is 196 g/mol. The number of nitriles is 1. The van der Waals surface area contributed by atoms with Gasteiger partial charge in [0, 0.05) is 26.0 Å². The molecule has 4 nitrogen and oxygen atoms in total. The molecule has 0 fully saturated rings. The van der Waals surface area contributed by atoms with E-state index in [-0.39, 0.29) is 0 Å². The highest BCUT2D eigenvalue weighted by atomic mass is 35.5. The zero-order valence-electron chi connectivity index (χ0n) is 7.24. The van der Waals surface area contributed by atoms with Crippen molar-refractivity contribution in [3.8, 4) is 6.07 Å². The maximum atomic E-state index is 8.39. The van der Waals surface area contributed by atoms with E-state index in [1.807, 2.05) is 7.05 Å². The fourth-order valence-corrected chi connectivity index (χ4v) is 1.14. The Morgan fingerprint density at radius 2 is 2.23 bits per heavy atom. The van der Waals surface area contributed by atoms with Gasteiger partial charge in [-0.2, -0.15) is 5.26 Å². The molecule has 5 heteroatoms. The van der Waals surface area contributed by atoms with E-state index in [0.29, 0.717) is 23.9 Å². The Balaban J connectivity index is 2.72. The zero-order chi connectivity index (χ0) is 9.68. The third-order valence-corrected chi connectivity index (χ3v) is 1.82. The molecule has 0 atom stereocenters. The lowest BCUT2D eigenvalue weighted by Gasteiger charge is -2.16. The molecule has 0 radical (unpaired) electrons. The molecule has 0 unspecified atom stereocenters. The Labute approximate surface area is 81.8 Å². The lowest BCUT2D eigenvalue weighted by atomic mass is 10.4. The molecule has 68 valence electrons. The van der Waals surface area contributed by atoms with Crippen molar-refractivity contribution in [2.75, 3.05) is 18.5 Å². The number of hydrogen-bond acceptors (Lipinski definition) is 4. The second-order valence-corrected chi connectivity index (χ2v) is 2.86. The lowest BCUT2D eigenvalue weighted by Crippen LogP contribution is -2.19. The first-order valence-electron chi connectivity index (χ1n) is 3.80. The van der Waals surface area contributed by atoms with E-state index >= 15 is 0 Å². The predicted molar refractivity (Wildman–Crippen MR) is 50.5 cm³/mol. The van der Waals surface area contributed by atoms with Crippen molar-refractivity contribution >= 4 is 17.4 Å². The van der Waals surface area contributed by atoms with Crippen LogP contribution < -0.4 is 4.90 Å². The first kappa shape index (κ1) is 9.75. The normalized spacial score (nSPS) is 9.31. The van der Waals surface area contributed by atoms with Crippen LogP contribution in [0, 0.1) is 11.3 Å². The summed E-state index contributed by atoms with van der Waals surface area (Å²) in [5.74, 6) is 0.611. The second kappa shape index (κ2) is 4.63. The predicted octanol–water partition coefficient (Wildman–Crippen LogP) is 1.48. The van der Waals surface area contributed by atoms with Gasteiger partial charge < -0.3 is 4.90 Å². The standard InChI is InChI=1S/C8H9ClN4/c1-13(6-2-3-10)8-7(9)11-4-5-12-8/h4-5H,2,6H2,1H3. The molecule has 1 rings (SSSR count). The van der Waals surface area contributed by atoms with Crippen molar-refractivity contribution in [2.45, 2.75) is 6.42 Å². The summed E-state index contributed by atoms with van der Waals surface area (Å²) in [6, 6.07) is 2.05. The van der Waals surface area contributed by atoms with Crippen LogP contribution in [0.2, 0.25) is 5.15 Å². The van der Waals surface area contributed by atoms with Gasteiger partial charge in [0.05, 0.1) is 12.5 Å². The Bertz CT molecular complexity index is 320. The Kier molecular flexibility index (Phi) is 3.47. The molecule has 0 spiro atoms. The molecule has 0 bridgehead atoms. The molecule has 0 saturated heterocycles. The SMILES string of the molecule is CN(CCC#N)c1nccnc1Cl. The van der Waals surface area contributed by atoms with Crippen LogP contribution in [0.4, 0.5) is 5.82 Å². The molecule has 0 N–H and O–H groups in total. The fraction of sp³-hybridized carbons (Fsp3) is 0.375. The molecular weight excluding hydrogens is 188 g/mol. The van der Waals surface area contributed by atoms with E-state index < -0.39 is 0 Å². The van der Waals surface area contributed by atoms with E-state index in [4.69, 9.17) is 16.9 Å². The quantitative estimate of drug-likeness (QED) is 0.735. The third kappa shape index (κ3) is 2.56. The average molecular weight is 197 g/mol. The van der Waals surface area contributed by atoms with Crippen molar-refractivity contribution in [3.63, 3.8) is 0 Å². The van der Waals surface area contributed by atoms with Crippen LogP contribution in [-0.2, 0) is 0 Å². The van der Waals surface area contributed by atoms with Gasteiger partial charge in [-0.05, 0) is 0 Å². The summed E-state index contributed by atoms with van der Waals surface area (Å²) in [5, 5.41) is 8.75. The first-order valence-corrected chi connectivity index (χ1v) is 4.18. The molecule has 0 aliphatic heterocycles. The number of rotatable bonds is 3. The molecule has 1 aromatic rings. The van der Waals surface area contributed by atoms with E-state index in [9.17, 15) is 0 Å². The van der Waals surface area contributed by atoms with Crippen LogP contribution in [0.1, 0.15) is 6.42 Å². The zero-order valence-corrected chi connectivity index (χ0v) is 7.99. The maximum Gasteiger partial charge on any atom is 0.171 e. The van der Waals surface area contributed by atoms with Gasteiger partial charge in [0.15, 0.2) is 11.0 Å². The van der Waals surface area contributed by atoms with Gasteiger partial charge in [-0.25, -0.2) is 9.97 Å². The van der Waals surface area contributed by atoms with Gasteiger partial charge in [0.1, 0.15) is 0 Å². The number of anilines is 1. The molecule has 0 saturated carbocycles. The summed E-state index contributed by atoms with van der Waals surface area (Å²) in [6.45, 7) is 0.606. The van der Waals surface area contributed by atoms with E-state index in [2.05, 4.69) is 16.0 Å². The average Bonchev–Trinajstić information content (AvgIpc) is 2.15. The summed E-state index contributed by atoms with van der Waals surface area (Å²) in [4.78, 5) is 9.74. The molecule has 0 aromatic carbocycles. The fourth-order valence-electron chi connectivity index (χ4n) is 0.893. The topological polar surface area (TPSA) is 52.8 Å². The van der Waals surface area contributed by atoms with Gasteiger partial charge in [-0.15, -0.1) is 0 Å². The largest absolute Gasteiger partial charge is 0.356 e. The molecule has 0 amide bonds. The van der Waals surface area contributed by atoms with Crippen LogP contribution in [0.3, 0.4) is 0 Å². The van der Waals surface area contributed by atoms with Crippen LogP contribution in [0.25, 0.3) is 0 Å². The Morgan fingerprint density at radius 3 is 2.85 bits per heavy atom. The smallest absolute Gasteiger partial charge is 0.171 e. The number of aromatic nitrogens is 2. The molecule has 1 aromatic heterocycles. The minimum Gasteiger partial charge on any atom is -0.356 e. The van der Waals surface area contributed by atoms with Gasteiger partial charge in [0.25, 0.3) is 0 Å². The van der Waals surface area contributed by atoms with Crippen molar-refractivity contribution in [2.24, 2.45) is 0 Å². The van der Waals surface area contributed by atoms with Gasteiger partial charge >= 0.3 is 0 Å². The van der Waals surface area contributed by atoms with Crippen molar-refractivity contribution < 1.29 is 0 Å². The minimum atomic E-state index is 0.364. The van der Waals surface area contributed by atoms with E-state index in [1.54, 1.807) is 11.1 Å². The molecule has 0 aliphatic carbocycles. The molecule has 1 heterocycles. The second-order valence-electron chi connectivity index (χ2n) is 2.50. The molecule has 13 heavy (non-hydrogen) atoms. The van der Waals surface area contributed by atoms with Crippen molar-refractivity contribution in [1.29, 1.82) is 5.26 Å². The van der Waals surface area contributed by atoms with Crippen LogP contribution >= 0.6 is 11.6 Å². The molecular formula is C8H9ClN4. The highest BCUT2D eigenvalue weighted by Crippen LogP contribution is 2.17. The summed E-state index contributed by atoms with van der Waals surface area (Å²) in [7, 11) is 1.83. The van der Waals surface area contributed by atoms with E-state index in [0.717, 1.165) is 0 Å². The van der Waals surface area contributed by atoms with E-state index in [1.165, 1.54) is 6.20 Å². The Hall–Kier alpha value is -1.34. The number of nitrogens with zero attached hydrogens (tertiary/aromatic N) is 4. The lowest BCUT2D eigenvalue weighted by molar-refractivity contribution is 0.879. The van der Waals surface area contributed by atoms with Crippen LogP contribution in [-0.4, -0.2) is 23.6 Å². The summed E-state index contributed by atoms with van der Waals surface area (Å²) >= 11 is 5.80. The number of halogens is 1. The summed E-state index contributed by atoms with van der Waals surface area (Å²) in [5.41, 5.74) is 0. The van der Waals surface area contributed by atoms with Gasteiger partial charge in [-0.1, -0.05) is 11.6 Å². The van der Waals surface area contributed by atoms with Gasteiger partial charge in [-0.3, -0.25) is 0 Å². The van der Waals surface area contributed by atoms with Crippen molar-refractivity contribution in [3.05, 3.63) is 17.5 Å². The summed E-state index contributed by atoms with van der Waals surface area (Å²) in [6.07, 6.45) is 3.55. The Morgan fingerprint density at radius 1 is 1.54 bits per heavy atom. The highest BCUT2D eigenvalue weighted by molar-refractivity contribution is 6.31. The summed E-state index contributed by atoms with van der Waals surface area (Å²) < 4.78 is 0. The maximum absolute atomic E-state index is 8.39. The van der Waals surface area contributed by atoms with Gasteiger partial charge in [0.2, 0.25) is 0 Å². The van der Waals surface area contributed by atoms with Crippen LogP contribution in [0.15, 0.2) is 12.4 Å². The number of hydrogen-bond donors (Lipinski definition) is 0. The molecule has 0 aliphatic rings. The highest BCUT2D eigenvalue weighted by Gasteiger charge is 2.06. The van der Waals surface area contributed by atoms with Crippen molar-refractivity contribution in [1.82, 2.24) is 9.97 Å². The first-order chi connectivity index (χ1) is 6.25. The third-order valence-electron chi connectivity index (χ3n) is 1.56. The minimum absolute atomic E-state index is 0.364. The van der Waals surface area contributed by atoms with Crippen LogP contribution in [0.5, 0.6) is 0 Å².